The molecule has 0 aliphatic rings. The topological polar surface area (TPSA) is 90.0 Å². The first-order valence-electron chi connectivity index (χ1n) is 8.66. The van der Waals surface area contributed by atoms with E-state index < -0.39 is 5.25 Å². The minimum absolute atomic E-state index is 0.0179. The fraction of sp³-hybridized carbons (Fsp3) is 0.200. The third-order valence-corrected chi connectivity index (χ3v) is 5.06. The summed E-state index contributed by atoms with van der Waals surface area (Å²) in [6.45, 7) is 7.56. The molecule has 1 unspecified atom stereocenters. The van der Waals surface area contributed by atoms with Crippen molar-refractivity contribution < 1.29 is 14.0 Å². The Balaban J connectivity index is 1.71. The van der Waals surface area contributed by atoms with Crippen LogP contribution in [0.5, 0.6) is 0 Å². The molecule has 144 valence electrons. The first-order valence-corrected chi connectivity index (χ1v) is 9.54. The molecule has 3 rings (SSSR count). The monoisotopic (exact) mass is 396 g/mol. The Bertz CT molecular complexity index is 978. The van der Waals surface area contributed by atoms with E-state index >= 15 is 0 Å². The molecule has 1 N–H and O–H groups in total. The molecule has 2 aromatic heterocycles. The molecule has 0 saturated heterocycles. The quantitative estimate of drug-likeness (QED) is 0.351. The van der Waals surface area contributed by atoms with Gasteiger partial charge in [0.1, 0.15) is 0 Å². The summed E-state index contributed by atoms with van der Waals surface area (Å²) in [4.78, 5) is 23.9. The summed E-state index contributed by atoms with van der Waals surface area (Å²) in [5.74, 6) is 0.993. The number of allylic oxidation sites excluding steroid dienone is 1. The Hall–Kier alpha value is -3.13. The molecule has 0 spiro atoms. The van der Waals surface area contributed by atoms with Crippen molar-refractivity contribution in [1.82, 2.24) is 14.8 Å². The lowest BCUT2D eigenvalue weighted by Gasteiger charge is -2.12. The minimum Gasteiger partial charge on any atom is -0.461 e. The molecule has 1 atom stereocenters. The Kier molecular flexibility index (Phi) is 6.10. The molecule has 8 heteroatoms. The van der Waals surface area contributed by atoms with E-state index in [1.54, 1.807) is 55.7 Å². The molecule has 2 heterocycles. The lowest BCUT2D eigenvalue weighted by molar-refractivity contribution is -0.115. The average molecular weight is 396 g/mol. The summed E-state index contributed by atoms with van der Waals surface area (Å²) >= 11 is 1.30. The number of aromatic nitrogens is 3. The maximum Gasteiger partial charge on any atom is 0.237 e. The van der Waals surface area contributed by atoms with Crippen LogP contribution in [0.4, 0.5) is 5.69 Å². The number of furan rings is 1. The van der Waals surface area contributed by atoms with Crippen molar-refractivity contribution in [3.63, 3.8) is 0 Å². The number of hydrogen-bond acceptors (Lipinski definition) is 6. The number of carbonyl (C=O) groups is 2. The standard InChI is InChI=1S/C20H20N4O3S/c1-4-11-24-18(17-6-5-12-27-17)22-23-20(24)28-14(3)19(26)21-16-9-7-15(8-10-16)13(2)25/h4-10,12,14H,1,11H2,2-3H3,(H,21,26). The van der Waals surface area contributed by atoms with Crippen molar-refractivity contribution in [2.24, 2.45) is 0 Å². The molecule has 1 amide bonds. The van der Waals surface area contributed by atoms with E-state index in [1.165, 1.54) is 18.7 Å². The number of hydrogen-bond donors (Lipinski definition) is 1. The van der Waals surface area contributed by atoms with Crippen molar-refractivity contribution >= 4 is 29.1 Å². The zero-order valence-electron chi connectivity index (χ0n) is 15.6. The first kappa shape index (κ1) is 19.6. The van der Waals surface area contributed by atoms with Gasteiger partial charge >= 0.3 is 0 Å². The van der Waals surface area contributed by atoms with Crippen LogP contribution in [0.1, 0.15) is 24.2 Å². The van der Waals surface area contributed by atoms with Crippen LogP contribution < -0.4 is 5.32 Å². The van der Waals surface area contributed by atoms with Crippen LogP contribution in [0.15, 0.2) is 64.9 Å². The molecule has 0 radical (unpaired) electrons. The number of Topliss-reactive ketones (excluding diaryl/α,β-unsaturated/α-hetero) is 1. The molecule has 7 nitrogen and oxygen atoms in total. The molecule has 0 aliphatic carbocycles. The van der Waals surface area contributed by atoms with E-state index in [9.17, 15) is 9.59 Å². The summed E-state index contributed by atoms with van der Waals surface area (Å²) in [5, 5.41) is 11.4. The van der Waals surface area contributed by atoms with Gasteiger partial charge in [0, 0.05) is 17.8 Å². The third-order valence-electron chi connectivity index (χ3n) is 3.98. The zero-order valence-corrected chi connectivity index (χ0v) is 16.4. The Morgan fingerprint density at radius 1 is 1.29 bits per heavy atom. The molecule has 28 heavy (non-hydrogen) atoms. The number of thioether (sulfide) groups is 1. The van der Waals surface area contributed by atoms with Crippen LogP contribution in [0, 0.1) is 0 Å². The number of nitrogens with zero attached hydrogens (tertiary/aromatic N) is 3. The van der Waals surface area contributed by atoms with Crippen molar-refractivity contribution in [3.05, 3.63) is 60.9 Å². The van der Waals surface area contributed by atoms with Gasteiger partial charge in [0.25, 0.3) is 0 Å². The smallest absolute Gasteiger partial charge is 0.237 e. The van der Waals surface area contributed by atoms with E-state index in [0.717, 1.165) is 0 Å². The number of amides is 1. The van der Waals surface area contributed by atoms with E-state index in [2.05, 4.69) is 22.1 Å². The largest absolute Gasteiger partial charge is 0.461 e. The van der Waals surface area contributed by atoms with E-state index in [-0.39, 0.29) is 11.7 Å². The van der Waals surface area contributed by atoms with Gasteiger partial charge in [-0.25, -0.2) is 0 Å². The van der Waals surface area contributed by atoms with Gasteiger partial charge in [0.05, 0.1) is 11.5 Å². The van der Waals surface area contributed by atoms with Gasteiger partial charge in [-0.1, -0.05) is 17.8 Å². The SMILES string of the molecule is C=CCn1c(SC(C)C(=O)Nc2ccc(C(C)=O)cc2)nnc1-c1ccco1. The van der Waals surface area contributed by atoms with Crippen LogP contribution >= 0.6 is 11.8 Å². The van der Waals surface area contributed by atoms with E-state index in [1.807, 2.05) is 4.57 Å². The van der Waals surface area contributed by atoms with Gasteiger partial charge in [0.2, 0.25) is 11.7 Å². The highest BCUT2D eigenvalue weighted by Crippen LogP contribution is 2.27. The Morgan fingerprint density at radius 2 is 2.04 bits per heavy atom. The van der Waals surface area contributed by atoms with Crippen LogP contribution in [0.3, 0.4) is 0 Å². The molecule has 0 bridgehead atoms. The van der Waals surface area contributed by atoms with Crippen LogP contribution in [-0.4, -0.2) is 31.7 Å². The van der Waals surface area contributed by atoms with Crippen molar-refractivity contribution in [2.75, 3.05) is 5.32 Å². The summed E-state index contributed by atoms with van der Waals surface area (Å²) < 4.78 is 7.26. The third kappa shape index (κ3) is 4.40. The molecule has 0 saturated carbocycles. The molecular formula is C20H20N4O3S. The molecular weight excluding hydrogens is 376 g/mol. The highest BCUT2D eigenvalue weighted by atomic mass is 32.2. The van der Waals surface area contributed by atoms with Crippen molar-refractivity contribution in [1.29, 1.82) is 0 Å². The van der Waals surface area contributed by atoms with Gasteiger partial charge in [-0.15, -0.1) is 16.8 Å². The predicted molar refractivity (Wildman–Crippen MR) is 108 cm³/mol. The second-order valence-corrected chi connectivity index (χ2v) is 7.37. The fourth-order valence-corrected chi connectivity index (χ4v) is 3.36. The highest BCUT2D eigenvalue weighted by molar-refractivity contribution is 8.00. The Morgan fingerprint density at radius 3 is 2.64 bits per heavy atom. The first-order chi connectivity index (χ1) is 13.5. The van der Waals surface area contributed by atoms with Crippen molar-refractivity contribution in [2.45, 2.75) is 30.8 Å². The number of rotatable bonds is 8. The van der Waals surface area contributed by atoms with Crippen LogP contribution in [-0.2, 0) is 11.3 Å². The fourth-order valence-electron chi connectivity index (χ4n) is 2.50. The maximum absolute atomic E-state index is 12.5. The maximum atomic E-state index is 12.5. The van der Waals surface area contributed by atoms with E-state index in [0.29, 0.717) is 34.5 Å². The highest BCUT2D eigenvalue weighted by Gasteiger charge is 2.21. The summed E-state index contributed by atoms with van der Waals surface area (Å²) in [5.41, 5.74) is 1.23. The number of ketones is 1. The number of carbonyl (C=O) groups excluding carboxylic acids is 2. The predicted octanol–water partition coefficient (Wildman–Crippen LogP) is 4.05. The lowest BCUT2D eigenvalue weighted by Crippen LogP contribution is -2.23. The van der Waals surface area contributed by atoms with Gasteiger partial charge in [-0.2, -0.15) is 0 Å². The molecule has 1 aromatic carbocycles. The second kappa shape index (κ2) is 8.71. The van der Waals surface area contributed by atoms with E-state index in [4.69, 9.17) is 4.42 Å². The zero-order chi connectivity index (χ0) is 20.1. The lowest BCUT2D eigenvalue weighted by atomic mass is 10.1. The average Bonchev–Trinajstić information content (AvgIpc) is 3.33. The molecule has 0 fully saturated rings. The molecule has 3 aromatic rings. The Labute approximate surface area is 166 Å². The summed E-state index contributed by atoms with van der Waals surface area (Å²) in [7, 11) is 0. The normalized spacial score (nSPS) is 11.8. The number of anilines is 1. The summed E-state index contributed by atoms with van der Waals surface area (Å²) in [6, 6.07) is 10.4. The van der Waals surface area contributed by atoms with Gasteiger partial charge in [-0.05, 0) is 50.2 Å². The van der Waals surface area contributed by atoms with Crippen molar-refractivity contribution in [3.8, 4) is 11.6 Å². The van der Waals surface area contributed by atoms with Gasteiger partial charge in [-0.3, -0.25) is 14.2 Å². The van der Waals surface area contributed by atoms with Gasteiger partial charge < -0.3 is 9.73 Å². The number of benzene rings is 1. The van der Waals surface area contributed by atoms with Crippen LogP contribution in [0.25, 0.3) is 11.6 Å². The molecule has 0 aliphatic heterocycles. The number of nitrogens with one attached hydrogen (secondary N) is 1. The minimum atomic E-state index is -0.412. The summed E-state index contributed by atoms with van der Waals surface area (Å²) in [6.07, 6.45) is 3.31. The second-order valence-electron chi connectivity index (χ2n) is 6.07. The van der Waals surface area contributed by atoms with Gasteiger partial charge in [0.15, 0.2) is 16.7 Å². The van der Waals surface area contributed by atoms with Crippen LogP contribution in [0.2, 0.25) is 0 Å².